The van der Waals surface area contributed by atoms with Crippen molar-refractivity contribution in [2.24, 2.45) is 11.8 Å². The highest BCUT2D eigenvalue weighted by Crippen LogP contribution is 2.21. The maximum atomic E-state index is 13.1. The van der Waals surface area contributed by atoms with Gasteiger partial charge < -0.3 is 35.2 Å². The van der Waals surface area contributed by atoms with Crippen LogP contribution in [0, 0.1) is 11.8 Å². The largest absolute Gasteiger partial charge is 0.394 e. The number of aliphatic hydroxyl groups excluding tert-OH is 1. The number of likely N-dealkylation sites (N-methyl/N-ethyl adjacent to an activating group) is 1. The Morgan fingerprint density at radius 1 is 0.977 bits per heavy atom. The van der Waals surface area contributed by atoms with Crippen LogP contribution in [0.5, 0.6) is 0 Å². The lowest BCUT2D eigenvalue weighted by molar-refractivity contribution is -0.136. The first-order chi connectivity index (χ1) is 20.8. The number of likely N-dealkylation sites (tertiary alicyclic amines) is 2. The number of hydrogen-bond donors (Lipinski definition) is 3. The van der Waals surface area contributed by atoms with Crippen molar-refractivity contribution >= 4 is 24.1 Å². The van der Waals surface area contributed by atoms with Gasteiger partial charge in [-0.1, -0.05) is 47.1 Å². The summed E-state index contributed by atoms with van der Waals surface area (Å²) >= 11 is 0. The molecule has 2 aliphatic rings. The van der Waals surface area contributed by atoms with Crippen molar-refractivity contribution < 1.29 is 29.0 Å². The fourth-order valence-corrected chi connectivity index (χ4v) is 4.97. The number of piperidine rings is 1. The Morgan fingerprint density at radius 2 is 1.59 bits per heavy atom. The molecule has 2 heterocycles. The highest BCUT2D eigenvalue weighted by molar-refractivity contribution is 5.97. The Balaban J connectivity index is 0.00000117. The van der Waals surface area contributed by atoms with Crippen LogP contribution >= 0.6 is 0 Å². The number of aliphatic hydroxyl groups is 1. The van der Waals surface area contributed by atoms with Crippen LogP contribution in [0.3, 0.4) is 0 Å². The van der Waals surface area contributed by atoms with E-state index in [1.807, 2.05) is 13.8 Å². The van der Waals surface area contributed by atoms with Crippen LogP contribution in [0.15, 0.2) is 11.6 Å². The highest BCUT2D eigenvalue weighted by Gasteiger charge is 2.35. The number of rotatable bonds is 14. The van der Waals surface area contributed by atoms with Gasteiger partial charge in [-0.25, -0.2) is 0 Å². The van der Waals surface area contributed by atoms with E-state index in [0.717, 1.165) is 18.4 Å². The average Bonchev–Trinajstić information content (AvgIpc) is 3.48. The summed E-state index contributed by atoms with van der Waals surface area (Å²) in [6.07, 6.45) is 7.83. The Kier molecular flexibility index (Phi) is 22.5. The molecule has 0 aromatic carbocycles. The lowest BCUT2D eigenvalue weighted by Gasteiger charge is -2.30. The minimum absolute atomic E-state index is 0.0459. The van der Waals surface area contributed by atoms with Gasteiger partial charge in [-0.15, -0.1) is 0 Å². The van der Waals surface area contributed by atoms with Crippen LogP contribution in [0.1, 0.15) is 87.5 Å². The topological polar surface area (TPSA) is 132 Å². The van der Waals surface area contributed by atoms with Crippen molar-refractivity contribution in [3.63, 3.8) is 0 Å². The van der Waals surface area contributed by atoms with Gasteiger partial charge in [0, 0.05) is 31.8 Å². The lowest BCUT2D eigenvalue weighted by atomic mass is 9.99. The molecule has 11 nitrogen and oxygen atoms in total. The molecular weight excluding hydrogens is 562 g/mol. The second-order valence-corrected chi connectivity index (χ2v) is 12.8. The summed E-state index contributed by atoms with van der Waals surface area (Å²) in [5.41, 5.74) is 0.465. The van der Waals surface area contributed by atoms with Gasteiger partial charge in [0.05, 0.1) is 32.4 Å². The molecule has 2 fully saturated rings. The van der Waals surface area contributed by atoms with Crippen LogP contribution in [-0.2, 0) is 23.9 Å². The van der Waals surface area contributed by atoms with Crippen molar-refractivity contribution in [1.29, 1.82) is 0 Å². The summed E-state index contributed by atoms with van der Waals surface area (Å²) in [6, 6.07) is -0.101. The van der Waals surface area contributed by atoms with Gasteiger partial charge in [-0.2, -0.15) is 0 Å². The van der Waals surface area contributed by atoms with Crippen molar-refractivity contribution in [2.75, 3.05) is 59.6 Å². The zero-order valence-corrected chi connectivity index (χ0v) is 29.1. The molecule has 2 atom stereocenters. The van der Waals surface area contributed by atoms with E-state index in [-0.39, 0.29) is 49.4 Å². The molecule has 4 amide bonds. The van der Waals surface area contributed by atoms with Crippen LogP contribution in [-0.4, -0.2) is 122 Å². The number of nitrogens with zero attached hydrogens (tertiary/aromatic N) is 3. The van der Waals surface area contributed by atoms with Crippen LogP contribution in [0.4, 0.5) is 0 Å². The van der Waals surface area contributed by atoms with Crippen LogP contribution < -0.4 is 10.6 Å². The first-order valence-corrected chi connectivity index (χ1v) is 16.4. The summed E-state index contributed by atoms with van der Waals surface area (Å²) in [5, 5.41) is 13.8. The summed E-state index contributed by atoms with van der Waals surface area (Å²) in [4.78, 5) is 54.0. The second kappa shape index (κ2) is 23.8. The molecule has 2 aliphatic heterocycles. The molecular formula is C33H63N5O6. The van der Waals surface area contributed by atoms with Crippen LogP contribution in [0.25, 0.3) is 0 Å². The molecule has 2 rings (SSSR count). The van der Waals surface area contributed by atoms with E-state index in [1.165, 1.54) is 37.3 Å². The molecule has 0 saturated carbocycles. The van der Waals surface area contributed by atoms with E-state index in [2.05, 4.69) is 50.2 Å². The minimum Gasteiger partial charge on any atom is -0.394 e. The van der Waals surface area contributed by atoms with E-state index in [9.17, 15) is 19.2 Å². The number of hydrogen-bond acceptors (Lipinski definition) is 7. The van der Waals surface area contributed by atoms with Gasteiger partial charge in [-0.05, 0) is 71.4 Å². The molecule has 0 spiro atoms. The average molecular weight is 626 g/mol. The number of ether oxygens (including phenoxy) is 1. The number of carbonyl (C=O) groups is 4. The van der Waals surface area contributed by atoms with E-state index in [4.69, 9.17) is 9.84 Å². The Labute approximate surface area is 267 Å². The van der Waals surface area contributed by atoms with Crippen molar-refractivity contribution in [3.8, 4) is 0 Å². The molecule has 3 N–H and O–H groups in total. The van der Waals surface area contributed by atoms with Gasteiger partial charge in [0.1, 0.15) is 6.04 Å². The van der Waals surface area contributed by atoms with Gasteiger partial charge in [0.2, 0.25) is 24.1 Å². The van der Waals surface area contributed by atoms with E-state index >= 15 is 0 Å². The third-order valence-corrected chi connectivity index (χ3v) is 7.34. The first kappa shape index (κ1) is 41.5. The normalized spacial score (nSPS) is 17.8. The van der Waals surface area contributed by atoms with Crippen molar-refractivity contribution in [3.05, 3.63) is 11.6 Å². The molecule has 2 saturated heterocycles. The molecule has 0 aromatic rings. The quantitative estimate of drug-likeness (QED) is 0.154. The molecule has 0 bridgehead atoms. The molecule has 0 aromatic heterocycles. The van der Waals surface area contributed by atoms with Gasteiger partial charge >= 0.3 is 0 Å². The second-order valence-electron chi connectivity index (χ2n) is 12.8. The number of carbonyl (C=O) groups excluding carboxylic acids is 4. The fraction of sp³-hybridized carbons (Fsp3) is 0.818. The zero-order chi connectivity index (χ0) is 33.7. The predicted octanol–water partition coefficient (Wildman–Crippen LogP) is 2.82. The van der Waals surface area contributed by atoms with Gasteiger partial charge in [0.25, 0.3) is 0 Å². The zero-order valence-electron chi connectivity index (χ0n) is 29.1. The first-order valence-electron chi connectivity index (χ1n) is 16.4. The standard InChI is InChI=1S/C21H36N4O6.C8H17N.C4H10/c1-15(2)18(24(4)19(28)13-22-14-27)12-16(3)21(30)25-8-5-6-17(25)20(29)23-7-10-31-11-9-26;1-8(2)9-6-4-3-5-7-9;1-4(2)3/h12,14-15,17-18,26H,5-11,13H2,1-4H3,(H,22,27)(H,23,29);8H,3-7H2,1-2H3;4H,1-3H3/b16-12+;;/t17-,18+;;/m0../s1. The van der Waals surface area contributed by atoms with E-state index < -0.39 is 6.04 Å². The lowest BCUT2D eigenvalue weighted by Crippen LogP contribution is -2.47. The Hall–Kier alpha value is -2.50. The number of amides is 4. The van der Waals surface area contributed by atoms with Gasteiger partial charge in [-0.3, -0.25) is 19.2 Å². The molecule has 0 unspecified atom stereocenters. The van der Waals surface area contributed by atoms with Crippen molar-refractivity contribution in [2.45, 2.75) is 106 Å². The van der Waals surface area contributed by atoms with E-state index in [0.29, 0.717) is 38.1 Å². The molecule has 0 aliphatic carbocycles. The molecule has 11 heteroatoms. The minimum atomic E-state index is -0.539. The third kappa shape index (κ3) is 17.1. The maximum absolute atomic E-state index is 13.1. The molecule has 256 valence electrons. The smallest absolute Gasteiger partial charge is 0.249 e. The fourth-order valence-electron chi connectivity index (χ4n) is 4.97. The van der Waals surface area contributed by atoms with Crippen LogP contribution in [0.2, 0.25) is 0 Å². The Bertz CT molecular complexity index is 855. The van der Waals surface area contributed by atoms with E-state index in [1.54, 1.807) is 24.9 Å². The molecule has 0 radical (unpaired) electrons. The maximum Gasteiger partial charge on any atom is 0.249 e. The predicted molar refractivity (Wildman–Crippen MR) is 176 cm³/mol. The summed E-state index contributed by atoms with van der Waals surface area (Å²) in [7, 11) is 1.64. The third-order valence-electron chi connectivity index (χ3n) is 7.34. The monoisotopic (exact) mass is 625 g/mol. The SMILES string of the molecule is C/C(=C\[C@H](C(C)C)N(C)C(=O)CNC=O)C(=O)N1CCC[C@H]1C(=O)NCCOCCO.CC(C)C.CC(C)N1CCCCC1. The summed E-state index contributed by atoms with van der Waals surface area (Å²) in [5.74, 6) is 0.166. The summed E-state index contributed by atoms with van der Waals surface area (Å²) < 4.78 is 5.13. The summed E-state index contributed by atoms with van der Waals surface area (Å²) in [6.45, 7) is 20.4. The van der Waals surface area contributed by atoms with Gasteiger partial charge in [0.15, 0.2) is 0 Å². The number of nitrogens with one attached hydrogen (secondary N) is 2. The van der Waals surface area contributed by atoms with Crippen molar-refractivity contribution in [1.82, 2.24) is 25.3 Å². The highest BCUT2D eigenvalue weighted by atomic mass is 16.5. The Morgan fingerprint density at radius 3 is 2.09 bits per heavy atom. The molecule has 44 heavy (non-hydrogen) atoms.